The Bertz CT molecular complexity index is 562. The summed E-state index contributed by atoms with van der Waals surface area (Å²) in [5, 5.41) is 11.3. The lowest BCUT2D eigenvalue weighted by atomic mass is 10.2. The van der Waals surface area contributed by atoms with Crippen LogP contribution in [0.25, 0.3) is 0 Å². The van der Waals surface area contributed by atoms with Crippen molar-refractivity contribution in [3.8, 4) is 0 Å². The molecule has 1 aliphatic rings. The molecule has 2 heterocycles. The van der Waals surface area contributed by atoms with Crippen molar-refractivity contribution >= 4 is 29.9 Å². The molecule has 2 N–H and O–H groups in total. The Labute approximate surface area is 181 Å². The Morgan fingerprint density at radius 1 is 1.33 bits per heavy atom. The average Bonchev–Trinajstić information content (AvgIpc) is 3.20. The van der Waals surface area contributed by atoms with Gasteiger partial charge in [-0.05, 0) is 52.6 Å². The van der Waals surface area contributed by atoms with Crippen molar-refractivity contribution < 1.29 is 4.74 Å². The van der Waals surface area contributed by atoms with E-state index in [-0.39, 0.29) is 24.0 Å². The molecule has 1 atom stereocenters. The zero-order valence-corrected chi connectivity index (χ0v) is 19.7. The van der Waals surface area contributed by atoms with Gasteiger partial charge in [0.05, 0.1) is 18.8 Å². The first-order valence-electron chi connectivity index (χ1n) is 9.90. The van der Waals surface area contributed by atoms with E-state index in [9.17, 15) is 0 Å². The molecule has 1 aromatic rings. The molecule has 1 aromatic heterocycles. The summed E-state index contributed by atoms with van der Waals surface area (Å²) in [5.41, 5.74) is 2.31. The van der Waals surface area contributed by atoms with Gasteiger partial charge in [0, 0.05) is 45.0 Å². The predicted octanol–water partition coefficient (Wildman–Crippen LogP) is 2.17. The van der Waals surface area contributed by atoms with Crippen LogP contribution in [0, 0.1) is 13.8 Å². The van der Waals surface area contributed by atoms with Gasteiger partial charge in [-0.2, -0.15) is 5.10 Å². The molecule has 0 saturated carbocycles. The summed E-state index contributed by atoms with van der Waals surface area (Å²) in [7, 11) is 1.77. The zero-order chi connectivity index (χ0) is 18.8. The molecule has 156 valence electrons. The summed E-state index contributed by atoms with van der Waals surface area (Å²) in [6.07, 6.45) is 3.51. The van der Waals surface area contributed by atoms with Gasteiger partial charge in [-0.3, -0.25) is 14.6 Å². The Morgan fingerprint density at radius 2 is 2.15 bits per heavy atom. The lowest BCUT2D eigenvalue weighted by Gasteiger charge is -2.23. The first kappa shape index (κ1) is 24.2. The van der Waals surface area contributed by atoms with E-state index in [2.05, 4.69) is 45.2 Å². The number of hydrogen-bond donors (Lipinski definition) is 2. The highest BCUT2D eigenvalue weighted by atomic mass is 127. The maximum absolute atomic E-state index is 5.22. The van der Waals surface area contributed by atoms with E-state index in [0.29, 0.717) is 6.04 Å². The lowest BCUT2D eigenvalue weighted by Crippen LogP contribution is -2.40. The average molecular weight is 492 g/mol. The molecule has 1 unspecified atom stereocenters. The minimum absolute atomic E-state index is 0. The lowest BCUT2D eigenvalue weighted by molar-refractivity contribution is 0.142. The smallest absolute Gasteiger partial charge is 0.191 e. The highest BCUT2D eigenvalue weighted by Crippen LogP contribution is 2.16. The summed E-state index contributed by atoms with van der Waals surface area (Å²) in [5.74, 6) is 0.916. The number of nitrogens with zero attached hydrogens (tertiary/aromatic N) is 4. The van der Waals surface area contributed by atoms with Gasteiger partial charge in [0.25, 0.3) is 0 Å². The maximum Gasteiger partial charge on any atom is 0.191 e. The number of aliphatic imine (C=N–C) groups is 1. The van der Waals surface area contributed by atoms with Gasteiger partial charge in [0.15, 0.2) is 5.96 Å². The van der Waals surface area contributed by atoms with E-state index in [0.717, 1.165) is 63.9 Å². The molecule has 0 aromatic carbocycles. The van der Waals surface area contributed by atoms with Crippen LogP contribution in [0.2, 0.25) is 0 Å². The van der Waals surface area contributed by atoms with Gasteiger partial charge in [-0.15, -0.1) is 24.0 Å². The fraction of sp³-hybridized carbons (Fsp3) is 0.789. The second-order valence-electron chi connectivity index (χ2n) is 6.98. The fourth-order valence-electron chi connectivity index (χ4n) is 3.48. The summed E-state index contributed by atoms with van der Waals surface area (Å²) in [4.78, 5) is 7.31. The van der Waals surface area contributed by atoms with Crippen molar-refractivity contribution in [3.05, 3.63) is 17.5 Å². The highest BCUT2D eigenvalue weighted by molar-refractivity contribution is 14.0. The molecule has 1 saturated heterocycles. The van der Waals surface area contributed by atoms with E-state index in [1.165, 1.54) is 18.5 Å². The molecule has 0 amide bonds. The number of rotatable bonds is 10. The van der Waals surface area contributed by atoms with Gasteiger partial charge in [-0.1, -0.05) is 0 Å². The number of methoxy groups -OCH3 is 1. The maximum atomic E-state index is 5.22. The molecular formula is C19H37IN6O. The van der Waals surface area contributed by atoms with Crippen LogP contribution in [0.15, 0.2) is 11.1 Å². The Kier molecular flexibility index (Phi) is 11.9. The van der Waals surface area contributed by atoms with E-state index < -0.39 is 0 Å². The molecule has 0 aliphatic carbocycles. The number of likely N-dealkylation sites (tertiary alicyclic amines) is 1. The minimum Gasteiger partial charge on any atom is -0.383 e. The van der Waals surface area contributed by atoms with Crippen molar-refractivity contribution in [1.29, 1.82) is 0 Å². The number of guanidine groups is 1. The Hall–Kier alpha value is -0.870. The first-order chi connectivity index (χ1) is 12.6. The van der Waals surface area contributed by atoms with Crippen molar-refractivity contribution in [2.75, 3.05) is 46.4 Å². The van der Waals surface area contributed by atoms with Crippen LogP contribution in [0.3, 0.4) is 0 Å². The quantitative estimate of drug-likeness (QED) is 0.227. The van der Waals surface area contributed by atoms with Crippen molar-refractivity contribution in [3.63, 3.8) is 0 Å². The van der Waals surface area contributed by atoms with Crippen LogP contribution in [-0.4, -0.2) is 73.1 Å². The number of nitrogens with one attached hydrogen (secondary N) is 2. The summed E-state index contributed by atoms with van der Waals surface area (Å²) >= 11 is 0. The third kappa shape index (κ3) is 8.35. The molecule has 0 spiro atoms. The molecule has 2 rings (SSSR count). The van der Waals surface area contributed by atoms with E-state index >= 15 is 0 Å². The van der Waals surface area contributed by atoms with Gasteiger partial charge in [0.1, 0.15) is 0 Å². The van der Waals surface area contributed by atoms with Gasteiger partial charge in [-0.25, -0.2) is 0 Å². The van der Waals surface area contributed by atoms with Crippen LogP contribution in [0.1, 0.15) is 37.6 Å². The van der Waals surface area contributed by atoms with Crippen LogP contribution in [0.4, 0.5) is 0 Å². The monoisotopic (exact) mass is 492 g/mol. The second kappa shape index (κ2) is 13.3. The second-order valence-corrected chi connectivity index (χ2v) is 6.98. The third-order valence-corrected chi connectivity index (χ3v) is 4.83. The van der Waals surface area contributed by atoms with E-state index in [1.807, 2.05) is 6.92 Å². The normalized spacial score (nSPS) is 17.8. The van der Waals surface area contributed by atoms with Crippen molar-refractivity contribution in [1.82, 2.24) is 25.3 Å². The topological polar surface area (TPSA) is 66.7 Å². The molecule has 1 fully saturated rings. The summed E-state index contributed by atoms with van der Waals surface area (Å²) < 4.78 is 7.30. The van der Waals surface area contributed by atoms with Crippen LogP contribution < -0.4 is 10.6 Å². The summed E-state index contributed by atoms with van der Waals surface area (Å²) in [6, 6.07) is 2.66. The predicted molar refractivity (Wildman–Crippen MR) is 122 cm³/mol. The minimum atomic E-state index is 0. The van der Waals surface area contributed by atoms with Crippen LogP contribution in [-0.2, 0) is 11.3 Å². The molecule has 0 radical (unpaired) electrons. The van der Waals surface area contributed by atoms with Gasteiger partial charge < -0.3 is 15.4 Å². The van der Waals surface area contributed by atoms with Gasteiger partial charge in [0.2, 0.25) is 0 Å². The summed E-state index contributed by atoms with van der Waals surface area (Å²) in [6.45, 7) is 12.8. The third-order valence-electron chi connectivity index (χ3n) is 4.83. The molecule has 0 bridgehead atoms. The Balaban J connectivity index is 0.00000364. The Morgan fingerprint density at radius 3 is 2.81 bits per heavy atom. The molecule has 1 aliphatic heterocycles. The number of halogens is 1. The number of ether oxygens (including phenoxy) is 1. The van der Waals surface area contributed by atoms with Crippen molar-refractivity contribution in [2.45, 2.75) is 52.6 Å². The highest BCUT2D eigenvalue weighted by Gasteiger charge is 2.23. The van der Waals surface area contributed by atoms with Gasteiger partial charge >= 0.3 is 0 Å². The fourth-order valence-corrected chi connectivity index (χ4v) is 3.48. The van der Waals surface area contributed by atoms with Crippen LogP contribution in [0.5, 0.6) is 0 Å². The SMILES string of the molecule is CCNC(=NCC1CCCN1CCOC)NCCCn1nc(C)cc1C.I. The van der Waals surface area contributed by atoms with Crippen molar-refractivity contribution in [2.24, 2.45) is 4.99 Å². The number of aromatic nitrogens is 2. The largest absolute Gasteiger partial charge is 0.383 e. The number of hydrogen-bond acceptors (Lipinski definition) is 4. The standard InChI is InChI=1S/C19H36N6O.HI/c1-5-20-19(21-9-7-11-25-17(3)14-16(2)23-25)22-15-18-8-6-10-24(18)12-13-26-4;/h14,18H,5-13,15H2,1-4H3,(H2,20,21,22);1H. The molecule has 27 heavy (non-hydrogen) atoms. The molecule has 7 nitrogen and oxygen atoms in total. The first-order valence-corrected chi connectivity index (χ1v) is 9.90. The van der Waals surface area contributed by atoms with Crippen LogP contribution >= 0.6 is 24.0 Å². The van der Waals surface area contributed by atoms with E-state index in [4.69, 9.17) is 9.73 Å². The molecular weight excluding hydrogens is 455 g/mol. The number of aryl methyl sites for hydroxylation is 3. The molecule has 8 heteroatoms. The zero-order valence-electron chi connectivity index (χ0n) is 17.3. The van der Waals surface area contributed by atoms with E-state index in [1.54, 1.807) is 7.11 Å².